The molecule has 0 unspecified atom stereocenters. The van der Waals surface area contributed by atoms with E-state index >= 15 is 0 Å². The van der Waals surface area contributed by atoms with E-state index < -0.39 is 18.0 Å². The third-order valence-corrected chi connectivity index (χ3v) is 2.75. The average molecular weight is 366 g/mol. The number of H-pyrrole nitrogens is 1. The fraction of sp³-hybridized carbons (Fsp3) is 0.100. The smallest absolute Gasteiger partial charge is 0.405 e. The van der Waals surface area contributed by atoms with Crippen molar-refractivity contribution in [2.75, 3.05) is 11.1 Å². The molecule has 0 radical (unpaired) electrons. The first-order valence-electron chi connectivity index (χ1n) is 5.29. The van der Waals surface area contributed by atoms with E-state index in [1.54, 1.807) is 0 Å². The van der Waals surface area contributed by atoms with Crippen molar-refractivity contribution in [2.24, 2.45) is 0 Å². The van der Waals surface area contributed by atoms with Crippen LogP contribution in [0.5, 0.6) is 5.75 Å². The molecule has 2 rings (SSSR count). The number of rotatable bonds is 3. The van der Waals surface area contributed by atoms with E-state index in [4.69, 9.17) is 5.73 Å². The number of aromatic nitrogens is 3. The number of nitrogens with one attached hydrogen (secondary N) is 2. The van der Waals surface area contributed by atoms with E-state index in [9.17, 15) is 18.0 Å². The number of halogens is 4. The van der Waals surface area contributed by atoms with Crippen LogP contribution in [0.15, 0.2) is 22.7 Å². The first-order valence-corrected chi connectivity index (χ1v) is 6.08. The number of nitrogen functional groups attached to an aromatic ring is 1. The molecule has 0 saturated carbocycles. The first-order chi connectivity index (χ1) is 9.74. The highest BCUT2D eigenvalue weighted by Gasteiger charge is 2.32. The molecule has 4 N–H and O–H groups in total. The van der Waals surface area contributed by atoms with Crippen molar-refractivity contribution < 1.29 is 22.7 Å². The van der Waals surface area contributed by atoms with Crippen molar-refractivity contribution in [3.8, 4) is 5.75 Å². The zero-order valence-electron chi connectivity index (χ0n) is 10.0. The molecular formula is C10H7BrF3N5O2. The number of nitrogens with two attached hydrogens (primary N) is 1. The number of carbonyl (C=O) groups excluding carboxylic acids is 1. The lowest BCUT2D eigenvalue weighted by atomic mass is 10.3. The molecule has 7 nitrogen and oxygen atoms in total. The van der Waals surface area contributed by atoms with Crippen LogP contribution in [-0.2, 0) is 0 Å². The Morgan fingerprint density at radius 3 is 2.67 bits per heavy atom. The number of benzene rings is 1. The number of alkyl halides is 3. The number of carbonyl (C=O) groups is 1. The Morgan fingerprint density at radius 1 is 1.43 bits per heavy atom. The van der Waals surface area contributed by atoms with Gasteiger partial charge in [-0.1, -0.05) is 0 Å². The summed E-state index contributed by atoms with van der Waals surface area (Å²) in [4.78, 5) is 15.3. The lowest BCUT2D eigenvalue weighted by Crippen LogP contribution is -2.17. The van der Waals surface area contributed by atoms with Crippen LogP contribution in [0.1, 0.15) is 10.6 Å². The van der Waals surface area contributed by atoms with Crippen LogP contribution in [0, 0.1) is 0 Å². The Bertz CT molecular complexity index is 673. The van der Waals surface area contributed by atoms with E-state index in [0.717, 1.165) is 6.07 Å². The number of aromatic amines is 1. The summed E-state index contributed by atoms with van der Waals surface area (Å²) in [6, 6.07) is 3.55. The number of hydrogen-bond donors (Lipinski definition) is 3. The highest BCUT2D eigenvalue weighted by atomic mass is 79.9. The Labute approximate surface area is 123 Å². The third kappa shape index (κ3) is 4.08. The van der Waals surface area contributed by atoms with Crippen LogP contribution < -0.4 is 15.8 Å². The molecule has 0 aliphatic rings. The zero-order chi connectivity index (χ0) is 15.6. The maximum absolute atomic E-state index is 12.1. The van der Waals surface area contributed by atoms with E-state index in [-0.39, 0.29) is 21.9 Å². The second-order valence-corrected chi connectivity index (χ2v) is 4.54. The molecule has 0 bridgehead atoms. The second kappa shape index (κ2) is 5.60. The van der Waals surface area contributed by atoms with E-state index in [0.29, 0.717) is 0 Å². The van der Waals surface area contributed by atoms with Gasteiger partial charge in [-0.3, -0.25) is 9.89 Å². The highest BCUT2D eigenvalue weighted by Crippen LogP contribution is 2.32. The molecule has 1 amide bonds. The molecule has 0 saturated heterocycles. The van der Waals surface area contributed by atoms with Crippen LogP contribution in [0.3, 0.4) is 0 Å². The van der Waals surface area contributed by atoms with Gasteiger partial charge in [0.1, 0.15) is 5.75 Å². The summed E-state index contributed by atoms with van der Waals surface area (Å²) in [6.45, 7) is 0. The minimum absolute atomic E-state index is 0.0229. The van der Waals surface area contributed by atoms with Gasteiger partial charge in [-0.05, 0) is 34.1 Å². The number of hydrogen-bond acceptors (Lipinski definition) is 5. The molecule has 11 heteroatoms. The first kappa shape index (κ1) is 15.1. The number of anilines is 2. The Morgan fingerprint density at radius 2 is 2.14 bits per heavy atom. The summed E-state index contributed by atoms with van der Waals surface area (Å²) in [5, 5.41) is 8.18. The summed E-state index contributed by atoms with van der Waals surface area (Å²) in [5.74, 6) is -1.30. The van der Waals surface area contributed by atoms with Gasteiger partial charge < -0.3 is 15.8 Å². The Balaban J connectivity index is 2.11. The SMILES string of the molecule is Nc1n[nH]c(C(=O)Nc2ccc(OC(F)(F)F)c(Br)c2)n1. The van der Waals surface area contributed by atoms with Gasteiger partial charge >= 0.3 is 6.36 Å². The maximum Gasteiger partial charge on any atom is 0.573 e. The van der Waals surface area contributed by atoms with Crippen LogP contribution in [0.25, 0.3) is 0 Å². The van der Waals surface area contributed by atoms with Crippen LogP contribution in [0.2, 0.25) is 0 Å². The highest BCUT2D eigenvalue weighted by molar-refractivity contribution is 9.10. The van der Waals surface area contributed by atoms with Crippen molar-refractivity contribution in [1.82, 2.24) is 15.2 Å². The molecule has 1 heterocycles. The van der Waals surface area contributed by atoms with Crippen molar-refractivity contribution in [1.29, 1.82) is 0 Å². The van der Waals surface area contributed by atoms with Gasteiger partial charge in [-0.2, -0.15) is 4.98 Å². The number of ether oxygens (including phenoxy) is 1. The number of nitrogens with zero attached hydrogens (tertiary/aromatic N) is 2. The average Bonchev–Trinajstić information content (AvgIpc) is 2.78. The minimum Gasteiger partial charge on any atom is -0.405 e. The maximum atomic E-state index is 12.1. The summed E-state index contributed by atoms with van der Waals surface area (Å²) in [6.07, 6.45) is -4.80. The molecule has 1 aromatic heterocycles. The largest absolute Gasteiger partial charge is 0.573 e. The van der Waals surface area contributed by atoms with E-state index in [1.807, 2.05) is 0 Å². The standard InChI is InChI=1S/C10H7BrF3N5O2/c11-5-3-4(1-2-6(5)21-10(12,13)14)16-8(20)7-17-9(15)19-18-7/h1-3H,(H,16,20)(H3,15,17,18,19). The van der Waals surface area contributed by atoms with Crippen molar-refractivity contribution in [3.05, 3.63) is 28.5 Å². The van der Waals surface area contributed by atoms with Gasteiger partial charge in [-0.25, -0.2) is 0 Å². The van der Waals surface area contributed by atoms with Gasteiger partial charge in [-0.15, -0.1) is 18.3 Å². The Kier molecular flexibility index (Phi) is 4.02. The van der Waals surface area contributed by atoms with Crippen molar-refractivity contribution in [3.63, 3.8) is 0 Å². The molecule has 112 valence electrons. The molecule has 1 aromatic carbocycles. The van der Waals surface area contributed by atoms with Gasteiger partial charge in [0.2, 0.25) is 11.8 Å². The van der Waals surface area contributed by atoms with Gasteiger partial charge in [0.25, 0.3) is 5.91 Å². The fourth-order valence-corrected chi connectivity index (χ4v) is 1.81. The van der Waals surface area contributed by atoms with E-state index in [2.05, 4.69) is 41.2 Å². The van der Waals surface area contributed by atoms with Gasteiger partial charge in [0.05, 0.1) is 4.47 Å². The second-order valence-electron chi connectivity index (χ2n) is 3.69. The lowest BCUT2D eigenvalue weighted by Gasteiger charge is -2.11. The topological polar surface area (TPSA) is 106 Å². The minimum atomic E-state index is -4.80. The predicted octanol–water partition coefficient (Wildman–Crippen LogP) is 2.30. The summed E-state index contributed by atoms with van der Waals surface area (Å²) < 4.78 is 40.1. The van der Waals surface area contributed by atoms with Crippen LogP contribution in [0.4, 0.5) is 24.8 Å². The number of amides is 1. The molecule has 21 heavy (non-hydrogen) atoms. The predicted molar refractivity (Wildman–Crippen MR) is 69.6 cm³/mol. The fourth-order valence-electron chi connectivity index (χ4n) is 1.35. The third-order valence-electron chi connectivity index (χ3n) is 2.13. The zero-order valence-corrected chi connectivity index (χ0v) is 11.6. The summed E-state index contributed by atoms with van der Waals surface area (Å²) in [7, 11) is 0. The van der Waals surface area contributed by atoms with Crippen LogP contribution >= 0.6 is 15.9 Å². The lowest BCUT2D eigenvalue weighted by molar-refractivity contribution is -0.274. The normalized spacial score (nSPS) is 11.2. The summed E-state index contributed by atoms with van der Waals surface area (Å²) >= 11 is 2.92. The quantitative estimate of drug-likeness (QED) is 0.773. The van der Waals surface area contributed by atoms with E-state index in [1.165, 1.54) is 12.1 Å². The van der Waals surface area contributed by atoms with Crippen LogP contribution in [-0.4, -0.2) is 27.5 Å². The van der Waals surface area contributed by atoms with Gasteiger partial charge in [0, 0.05) is 5.69 Å². The van der Waals surface area contributed by atoms with Gasteiger partial charge in [0.15, 0.2) is 0 Å². The molecule has 0 aliphatic heterocycles. The monoisotopic (exact) mass is 365 g/mol. The molecule has 0 aliphatic carbocycles. The summed E-state index contributed by atoms with van der Waals surface area (Å²) in [5.41, 5.74) is 5.48. The van der Waals surface area contributed by atoms with Crippen molar-refractivity contribution in [2.45, 2.75) is 6.36 Å². The molecule has 0 spiro atoms. The van der Waals surface area contributed by atoms with Crippen molar-refractivity contribution >= 4 is 33.5 Å². The molecular weight excluding hydrogens is 359 g/mol. The molecule has 0 fully saturated rings. The Hall–Kier alpha value is -2.30. The molecule has 2 aromatic rings. The molecule has 0 atom stereocenters.